The summed E-state index contributed by atoms with van der Waals surface area (Å²) in [5.41, 5.74) is 2.37. The van der Waals surface area contributed by atoms with Gasteiger partial charge in [0, 0.05) is 12.3 Å². The first-order valence-electron chi connectivity index (χ1n) is 7.25. The predicted molar refractivity (Wildman–Crippen MR) is 72.6 cm³/mol. The Morgan fingerprint density at radius 2 is 2.05 bits per heavy atom. The molecule has 3 heteroatoms. The van der Waals surface area contributed by atoms with Crippen molar-refractivity contribution in [2.24, 2.45) is 5.92 Å². The van der Waals surface area contributed by atoms with E-state index in [1.54, 1.807) is 0 Å². The molecule has 3 rings (SSSR count). The van der Waals surface area contributed by atoms with Crippen LogP contribution in [-0.4, -0.2) is 17.7 Å². The molecule has 1 aliphatic carbocycles. The highest BCUT2D eigenvalue weighted by molar-refractivity contribution is 5.72. The highest BCUT2D eigenvalue weighted by atomic mass is 16.5. The van der Waals surface area contributed by atoms with E-state index in [9.17, 15) is 9.90 Å². The molecule has 2 aliphatic rings. The van der Waals surface area contributed by atoms with Gasteiger partial charge in [0.1, 0.15) is 5.75 Å². The zero-order valence-electron chi connectivity index (χ0n) is 11.1. The number of hydrogen-bond acceptors (Lipinski definition) is 2. The molecule has 0 aromatic heterocycles. The van der Waals surface area contributed by atoms with Crippen molar-refractivity contribution in [2.75, 3.05) is 6.61 Å². The van der Waals surface area contributed by atoms with E-state index in [0.717, 1.165) is 56.4 Å². The van der Waals surface area contributed by atoms with Gasteiger partial charge in [0.05, 0.1) is 12.5 Å². The Kier molecular flexibility index (Phi) is 3.45. The molecule has 1 aromatic carbocycles. The van der Waals surface area contributed by atoms with Crippen LogP contribution in [0.2, 0.25) is 0 Å². The lowest BCUT2D eigenvalue weighted by Gasteiger charge is -2.23. The lowest BCUT2D eigenvalue weighted by Crippen LogP contribution is -2.21. The number of hydrogen-bond donors (Lipinski definition) is 1. The van der Waals surface area contributed by atoms with E-state index < -0.39 is 5.97 Å². The van der Waals surface area contributed by atoms with Gasteiger partial charge in [-0.2, -0.15) is 0 Å². The zero-order valence-corrected chi connectivity index (χ0v) is 11.1. The summed E-state index contributed by atoms with van der Waals surface area (Å²) >= 11 is 0. The number of aliphatic carboxylic acids is 1. The van der Waals surface area contributed by atoms with Crippen molar-refractivity contribution in [3.63, 3.8) is 0 Å². The Labute approximate surface area is 113 Å². The number of carbonyl (C=O) groups is 1. The molecule has 1 aliphatic heterocycles. The summed E-state index contributed by atoms with van der Waals surface area (Å²) in [6, 6.07) is 6.21. The molecule has 1 aromatic rings. The molecule has 0 radical (unpaired) electrons. The second-order valence-corrected chi connectivity index (χ2v) is 5.62. The van der Waals surface area contributed by atoms with Crippen molar-refractivity contribution in [1.29, 1.82) is 0 Å². The van der Waals surface area contributed by atoms with Gasteiger partial charge in [0.15, 0.2) is 0 Å². The summed E-state index contributed by atoms with van der Waals surface area (Å²) in [5.74, 6) is 0.189. The SMILES string of the molecule is O=C(O)C1CCCCCC1c1cccc2c1OCC2. The van der Waals surface area contributed by atoms with Crippen molar-refractivity contribution in [3.8, 4) is 5.75 Å². The van der Waals surface area contributed by atoms with Gasteiger partial charge in [-0.3, -0.25) is 4.79 Å². The Hall–Kier alpha value is -1.51. The minimum Gasteiger partial charge on any atom is -0.493 e. The molecule has 0 spiro atoms. The van der Waals surface area contributed by atoms with Gasteiger partial charge in [-0.05, 0) is 24.0 Å². The van der Waals surface area contributed by atoms with Crippen LogP contribution in [0.25, 0.3) is 0 Å². The van der Waals surface area contributed by atoms with Gasteiger partial charge in [0.2, 0.25) is 0 Å². The number of para-hydroxylation sites is 1. The summed E-state index contributed by atoms with van der Waals surface area (Å²) in [4.78, 5) is 11.6. The molecule has 19 heavy (non-hydrogen) atoms. The Bertz CT molecular complexity index is 481. The maximum Gasteiger partial charge on any atom is 0.307 e. The van der Waals surface area contributed by atoms with E-state index in [-0.39, 0.29) is 11.8 Å². The fourth-order valence-corrected chi connectivity index (χ4v) is 3.51. The number of benzene rings is 1. The highest BCUT2D eigenvalue weighted by Crippen LogP contribution is 2.43. The topological polar surface area (TPSA) is 46.5 Å². The van der Waals surface area contributed by atoms with E-state index in [1.165, 1.54) is 5.56 Å². The number of ether oxygens (including phenoxy) is 1. The molecule has 1 heterocycles. The molecule has 0 bridgehead atoms. The van der Waals surface area contributed by atoms with Crippen LogP contribution < -0.4 is 4.74 Å². The lowest BCUT2D eigenvalue weighted by molar-refractivity contribution is -0.142. The smallest absolute Gasteiger partial charge is 0.307 e. The molecule has 3 nitrogen and oxygen atoms in total. The van der Waals surface area contributed by atoms with E-state index >= 15 is 0 Å². The summed E-state index contributed by atoms with van der Waals surface area (Å²) in [6.07, 6.45) is 6.02. The van der Waals surface area contributed by atoms with Crippen LogP contribution in [0.5, 0.6) is 5.75 Å². The van der Waals surface area contributed by atoms with Crippen LogP contribution >= 0.6 is 0 Å². The van der Waals surface area contributed by atoms with Crippen LogP contribution in [0.1, 0.15) is 49.1 Å². The van der Waals surface area contributed by atoms with Crippen molar-refractivity contribution in [3.05, 3.63) is 29.3 Å². The molecular weight excluding hydrogens is 240 g/mol. The van der Waals surface area contributed by atoms with Crippen LogP contribution in [0, 0.1) is 5.92 Å². The number of fused-ring (bicyclic) bond motifs is 1. The number of carboxylic acid groups (broad SMARTS) is 1. The van der Waals surface area contributed by atoms with Gasteiger partial charge >= 0.3 is 5.97 Å². The quantitative estimate of drug-likeness (QED) is 0.829. The standard InChI is InChI=1S/C16H20O3/c17-16(18)14-7-3-1-2-6-12(14)13-8-4-5-11-9-10-19-15(11)13/h4-5,8,12,14H,1-3,6-7,9-10H2,(H,17,18). The third-order valence-electron chi connectivity index (χ3n) is 4.48. The summed E-state index contributed by atoms with van der Waals surface area (Å²) < 4.78 is 5.76. The Morgan fingerprint density at radius 3 is 2.89 bits per heavy atom. The average molecular weight is 260 g/mol. The average Bonchev–Trinajstić information content (AvgIpc) is 2.74. The van der Waals surface area contributed by atoms with Crippen molar-refractivity contribution in [1.82, 2.24) is 0 Å². The Morgan fingerprint density at radius 1 is 1.21 bits per heavy atom. The van der Waals surface area contributed by atoms with E-state index in [2.05, 4.69) is 12.1 Å². The van der Waals surface area contributed by atoms with E-state index in [1.807, 2.05) is 6.07 Å². The summed E-state index contributed by atoms with van der Waals surface area (Å²) in [6.45, 7) is 0.733. The van der Waals surface area contributed by atoms with Crippen LogP contribution in [0.4, 0.5) is 0 Å². The monoisotopic (exact) mass is 260 g/mol. The van der Waals surface area contributed by atoms with Gasteiger partial charge in [-0.1, -0.05) is 37.5 Å². The minimum atomic E-state index is -0.650. The number of rotatable bonds is 2. The van der Waals surface area contributed by atoms with Gasteiger partial charge in [-0.15, -0.1) is 0 Å². The third kappa shape index (κ3) is 2.34. The second-order valence-electron chi connectivity index (χ2n) is 5.62. The molecule has 102 valence electrons. The molecule has 0 amide bonds. The second kappa shape index (κ2) is 5.24. The van der Waals surface area contributed by atoms with E-state index in [0.29, 0.717) is 0 Å². The molecule has 2 unspecified atom stereocenters. The van der Waals surface area contributed by atoms with Crippen molar-refractivity contribution in [2.45, 2.75) is 44.4 Å². The van der Waals surface area contributed by atoms with Crippen LogP contribution in [0.3, 0.4) is 0 Å². The molecular formula is C16H20O3. The maximum absolute atomic E-state index is 11.6. The Balaban J connectivity index is 1.98. The minimum absolute atomic E-state index is 0.119. The third-order valence-corrected chi connectivity index (χ3v) is 4.48. The normalized spacial score (nSPS) is 26.3. The maximum atomic E-state index is 11.6. The summed E-state index contributed by atoms with van der Waals surface area (Å²) in [5, 5.41) is 9.50. The fourth-order valence-electron chi connectivity index (χ4n) is 3.51. The molecule has 2 atom stereocenters. The van der Waals surface area contributed by atoms with Crippen LogP contribution in [0.15, 0.2) is 18.2 Å². The zero-order chi connectivity index (χ0) is 13.2. The first-order valence-corrected chi connectivity index (χ1v) is 7.25. The molecule has 1 N–H and O–H groups in total. The fraction of sp³-hybridized carbons (Fsp3) is 0.562. The van der Waals surface area contributed by atoms with Gasteiger partial charge < -0.3 is 9.84 Å². The first kappa shape index (κ1) is 12.5. The predicted octanol–water partition coefficient (Wildman–Crippen LogP) is 3.37. The van der Waals surface area contributed by atoms with Crippen molar-refractivity contribution >= 4 is 5.97 Å². The van der Waals surface area contributed by atoms with Gasteiger partial charge in [0.25, 0.3) is 0 Å². The largest absolute Gasteiger partial charge is 0.493 e. The van der Waals surface area contributed by atoms with Crippen LogP contribution in [-0.2, 0) is 11.2 Å². The van der Waals surface area contributed by atoms with Gasteiger partial charge in [-0.25, -0.2) is 0 Å². The first-order chi connectivity index (χ1) is 9.27. The van der Waals surface area contributed by atoms with Crippen molar-refractivity contribution < 1.29 is 14.6 Å². The molecule has 0 saturated heterocycles. The lowest BCUT2D eigenvalue weighted by atomic mass is 9.81. The molecule has 1 saturated carbocycles. The number of carboxylic acids is 1. The van der Waals surface area contributed by atoms with E-state index in [4.69, 9.17) is 4.74 Å². The molecule has 1 fully saturated rings. The highest BCUT2D eigenvalue weighted by Gasteiger charge is 2.33. The summed E-state index contributed by atoms with van der Waals surface area (Å²) in [7, 11) is 0.